The molecule has 0 amide bonds. The molecule has 1 aromatic rings. The van der Waals surface area contributed by atoms with Gasteiger partial charge in [0.15, 0.2) is 0 Å². The Labute approximate surface area is 93.5 Å². The molecule has 2 heterocycles. The first-order chi connectivity index (χ1) is 7.56. The van der Waals surface area contributed by atoms with E-state index >= 15 is 0 Å². The number of rotatable bonds is 3. The van der Waals surface area contributed by atoms with Gasteiger partial charge in [-0.3, -0.25) is 9.69 Å². The standard InChI is InChI=1S/C10H14N4O2/c1-13-4-7-3-11-10(12-8(7)5-13)14(2)6-9(15)16/h3H,4-6H2,1-2H3,(H,15,16). The first-order valence-electron chi connectivity index (χ1n) is 5.02. The molecule has 6 nitrogen and oxygen atoms in total. The van der Waals surface area contributed by atoms with Crippen LogP contribution in [-0.4, -0.2) is 46.6 Å². The summed E-state index contributed by atoms with van der Waals surface area (Å²) in [6.07, 6.45) is 1.78. The average Bonchev–Trinajstić information content (AvgIpc) is 2.55. The second-order valence-electron chi connectivity index (χ2n) is 4.06. The number of carboxylic acid groups (broad SMARTS) is 1. The van der Waals surface area contributed by atoms with Crippen molar-refractivity contribution in [2.45, 2.75) is 13.1 Å². The number of likely N-dealkylation sites (N-methyl/N-ethyl adjacent to an activating group) is 1. The summed E-state index contributed by atoms with van der Waals surface area (Å²) >= 11 is 0. The van der Waals surface area contributed by atoms with E-state index in [-0.39, 0.29) is 6.54 Å². The van der Waals surface area contributed by atoms with Crippen LogP contribution in [0.15, 0.2) is 6.20 Å². The molecule has 0 unspecified atom stereocenters. The molecule has 1 aliphatic rings. The second kappa shape index (κ2) is 4.05. The lowest BCUT2D eigenvalue weighted by molar-refractivity contribution is -0.135. The van der Waals surface area contributed by atoms with E-state index in [0.29, 0.717) is 5.95 Å². The third kappa shape index (κ3) is 2.11. The summed E-state index contributed by atoms with van der Waals surface area (Å²) in [6, 6.07) is 0. The molecule has 1 N–H and O–H groups in total. The van der Waals surface area contributed by atoms with Crippen molar-refractivity contribution in [2.75, 3.05) is 25.5 Å². The van der Waals surface area contributed by atoms with Gasteiger partial charge < -0.3 is 10.0 Å². The summed E-state index contributed by atoms with van der Waals surface area (Å²) in [5.74, 6) is -0.417. The molecule has 0 aliphatic carbocycles. The zero-order valence-electron chi connectivity index (χ0n) is 9.34. The molecule has 16 heavy (non-hydrogen) atoms. The highest BCUT2D eigenvalue weighted by molar-refractivity contribution is 5.72. The Morgan fingerprint density at radius 3 is 3.06 bits per heavy atom. The SMILES string of the molecule is CN1Cc2cnc(N(C)CC(=O)O)nc2C1. The molecule has 0 fully saturated rings. The largest absolute Gasteiger partial charge is 0.480 e. The Balaban J connectivity index is 2.19. The summed E-state index contributed by atoms with van der Waals surface area (Å²) in [6.45, 7) is 1.57. The molecular weight excluding hydrogens is 208 g/mol. The van der Waals surface area contributed by atoms with Crippen LogP contribution in [0, 0.1) is 0 Å². The third-order valence-corrected chi connectivity index (χ3v) is 2.52. The fraction of sp³-hybridized carbons (Fsp3) is 0.500. The Kier molecular flexibility index (Phi) is 2.74. The van der Waals surface area contributed by atoms with Gasteiger partial charge in [-0.25, -0.2) is 9.97 Å². The van der Waals surface area contributed by atoms with Crippen molar-refractivity contribution in [3.05, 3.63) is 17.5 Å². The summed E-state index contributed by atoms with van der Waals surface area (Å²) in [7, 11) is 3.69. The van der Waals surface area contributed by atoms with Gasteiger partial charge in [-0.05, 0) is 7.05 Å². The lowest BCUT2D eigenvalue weighted by Gasteiger charge is -2.14. The predicted molar refractivity (Wildman–Crippen MR) is 58.1 cm³/mol. The molecule has 1 aliphatic heterocycles. The van der Waals surface area contributed by atoms with Crippen LogP contribution in [-0.2, 0) is 17.9 Å². The van der Waals surface area contributed by atoms with Gasteiger partial charge in [0.1, 0.15) is 6.54 Å². The van der Waals surface area contributed by atoms with Crippen molar-refractivity contribution in [2.24, 2.45) is 0 Å². The number of anilines is 1. The van der Waals surface area contributed by atoms with Gasteiger partial charge in [0.2, 0.25) is 5.95 Å². The maximum Gasteiger partial charge on any atom is 0.323 e. The molecule has 0 bridgehead atoms. The minimum absolute atomic E-state index is 0.0887. The van der Waals surface area contributed by atoms with Crippen LogP contribution in [0.4, 0.5) is 5.95 Å². The fourth-order valence-electron chi connectivity index (χ4n) is 1.76. The van der Waals surface area contributed by atoms with Crippen molar-refractivity contribution in [1.82, 2.24) is 14.9 Å². The van der Waals surface area contributed by atoms with E-state index in [1.165, 1.54) is 4.90 Å². The highest BCUT2D eigenvalue weighted by atomic mass is 16.4. The van der Waals surface area contributed by atoms with E-state index in [0.717, 1.165) is 24.3 Å². The Hall–Kier alpha value is -1.69. The van der Waals surface area contributed by atoms with E-state index in [1.807, 2.05) is 7.05 Å². The van der Waals surface area contributed by atoms with Gasteiger partial charge in [-0.2, -0.15) is 0 Å². The monoisotopic (exact) mass is 222 g/mol. The number of carboxylic acids is 1. The quantitative estimate of drug-likeness (QED) is 0.772. The molecule has 0 spiro atoms. The minimum Gasteiger partial charge on any atom is -0.480 e. The van der Waals surface area contributed by atoms with Gasteiger partial charge in [0.25, 0.3) is 0 Å². The van der Waals surface area contributed by atoms with E-state index in [2.05, 4.69) is 14.9 Å². The van der Waals surface area contributed by atoms with E-state index in [1.54, 1.807) is 13.2 Å². The fourth-order valence-corrected chi connectivity index (χ4v) is 1.76. The van der Waals surface area contributed by atoms with Crippen molar-refractivity contribution in [1.29, 1.82) is 0 Å². The van der Waals surface area contributed by atoms with E-state index in [9.17, 15) is 4.79 Å². The first kappa shape index (κ1) is 10.8. The van der Waals surface area contributed by atoms with Crippen molar-refractivity contribution in [3.63, 3.8) is 0 Å². The maximum atomic E-state index is 10.6. The molecule has 0 saturated heterocycles. The molecular formula is C10H14N4O2. The van der Waals surface area contributed by atoms with Crippen LogP contribution in [0.2, 0.25) is 0 Å². The normalized spacial score (nSPS) is 14.9. The Bertz CT molecular complexity index is 421. The van der Waals surface area contributed by atoms with Gasteiger partial charge in [-0.1, -0.05) is 0 Å². The Morgan fingerprint density at radius 1 is 1.62 bits per heavy atom. The van der Waals surface area contributed by atoms with Crippen LogP contribution >= 0.6 is 0 Å². The first-order valence-corrected chi connectivity index (χ1v) is 5.02. The zero-order valence-corrected chi connectivity index (χ0v) is 9.34. The minimum atomic E-state index is -0.885. The summed E-state index contributed by atoms with van der Waals surface area (Å²) < 4.78 is 0. The molecule has 0 saturated carbocycles. The number of hydrogen-bond donors (Lipinski definition) is 1. The Morgan fingerprint density at radius 2 is 2.38 bits per heavy atom. The molecule has 0 atom stereocenters. The number of carbonyl (C=O) groups is 1. The number of aliphatic carboxylic acids is 1. The highest BCUT2D eigenvalue weighted by Gasteiger charge is 2.19. The highest BCUT2D eigenvalue weighted by Crippen LogP contribution is 2.20. The summed E-state index contributed by atoms with van der Waals surface area (Å²) in [4.78, 5) is 22.8. The van der Waals surface area contributed by atoms with E-state index in [4.69, 9.17) is 5.11 Å². The summed E-state index contributed by atoms with van der Waals surface area (Å²) in [5, 5.41) is 8.68. The van der Waals surface area contributed by atoms with Crippen LogP contribution < -0.4 is 4.90 Å². The molecule has 1 aromatic heterocycles. The van der Waals surface area contributed by atoms with Crippen molar-refractivity contribution >= 4 is 11.9 Å². The van der Waals surface area contributed by atoms with Gasteiger partial charge in [-0.15, -0.1) is 0 Å². The smallest absolute Gasteiger partial charge is 0.323 e. The molecule has 0 radical (unpaired) electrons. The van der Waals surface area contributed by atoms with E-state index < -0.39 is 5.97 Å². The number of aromatic nitrogens is 2. The average molecular weight is 222 g/mol. The number of hydrogen-bond acceptors (Lipinski definition) is 5. The lowest BCUT2D eigenvalue weighted by Crippen LogP contribution is -2.27. The maximum absolute atomic E-state index is 10.6. The molecule has 0 aromatic carbocycles. The number of nitrogens with zero attached hydrogens (tertiary/aromatic N) is 4. The molecule has 86 valence electrons. The second-order valence-corrected chi connectivity index (χ2v) is 4.06. The third-order valence-electron chi connectivity index (χ3n) is 2.52. The van der Waals surface area contributed by atoms with Crippen LogP contribution in [0.3, 0.4) is 0 Å². The van der Waals surface area contributed by atoms with Gasteiger partial charge in [0, 0.05) is 31.9 Å². The number of fused-ring (bicyclic) bond motifs is 1. The van der Waals surface area contributed by atoms with Crippen LogP contribution in [0.5, 0.6) is 0 Å². The van der Waals surface area contributed by atoms with Crippen molar-refractivity contribution < 1.29 is 9.90 Å². The topological polar surface area (TPSA) is 69.6 Å². The van der Waals surface area contributed by atoms with Crippen LogP contribution in [0.1, 0.15) is 11.3 Å². The van der Waals surface area contributed by atoms with Crippen LogP contribution in [0.25, 0.3) is 0 Å². The van der Waals surface area contributed by atoms with Gasteiger partial charge >= 0.3 is 5.97 Å². The molecule has 2 rings (SSSR count). The predicted octanol–water partition coefficient (Wildman–Crippen LogP) is -0.0572. The lowest BCUT2D eigenvalue weighted by atomic mass is 10.3. The van der Waals surface area contributed by atoms with Gasteiger partial charge in [0.05, 0.1) is 5.69 Å². The summed E-state index contributed by atoms with van der Waals surface area (Å²) in [5.41, 5.74) is 2.11. The zero-order chi connectivity index (χ0) is 11.7. The van der Waals surface area contributed by atoms with Crippen molar-refractivity contribution in [3.8, 4) is 0 Å². The molecule has 6 heteroatoms.